The van der Waals surface area contributed by atoms with E-state index in [1.807, 2.05) is 23.1 Å². The third kappa shape index (κ3) is 7.04. The Bertz CT molecular complexity index is 1110. The Hall–Kier alpha value is -2.42. The molecule has 9 heteroatoms. The lowest BCUT2D eigenvalue weighted by Gasteiger charge is -2.27. The van der Waals surface area contributed by atoms with Gasteiger partial charge in [-0.25, -0.2) is 4.39 Å². The molecule has 1 aliphatic heterocycles. The minimum atomic E-state index is -0.750. The molecule has 4 rings (SSSR count). The quantitative estimate of drug-likeness (QED) is 0.382. The molecule has 0 saturated carbocycles. The zero-order valence-electron chi connectivity index (χ0n) is 18.4. The van der Waals surface area contributed by atoms with Gasteiger partial charge in [0.05, 0.1) is 34.7 Å². The van der Waals surface area contributed by atoms with Crippen LogP contribution in [0.15, 0.2) is 70.4 Å². The number of hydrogen-bond donors (Lipinski definition) is 1. The summed E-state index contributed by atoms with van der Waals surface area (Å²) in [6.07, 6.45) is 1.17. The molecule has 6 nitrogen and oxygen atoms in total. The molecule has 1 N–H and O–H groups in total. The molecule has 2 aromatic carbocycles. The van der Waals surface area contributed by atoms with E-state index in [2.05, 4.69) is 5.16 Å². The Kier molecular flexibility index (Phi) is 8.59. The Morgan fingerprint density at radius 3 is 2.79 bits per heavy atom. The predicted octanol–water partition coefficient (Wildman–Crippen LogP) is 5.30. The van der Waals surface area contributed by atoms with E-state index in [1.54, 1.807) is 30.5 Å². The summed E-state index contributed by atoms with van der Waals surface area (Å²) >= 11 is 12.1. The second-order valence-corrected chi connectivity index (χ2v) is 8.99. The number of nitrogens with zero attached hydrogens (tertiary/aromatic N) is 2. The van der Waals surface area contributed by atoms with Gasteiger partial charge in [-0.3, -0.25) is 4.90 Å². The number of benzene rings is 2. The highest BCUT2D eigenvalue weighted by molar-refractivity contribution is 6.42. The third-order valence-electron chi connectivity index (χ3n) is 5.35. The SMILES string of the molecule is O[C@H](COCc1ccco1)CN(Cc1cccc(F)c1)C[C@H]1CC(c2ccc(Cl)c(Cl)c2)=NO1. The largest absolute Gasteiger partial charge is 0.467 e. The van der Waals surface area contributed by atoms with Crippen molar-refractivity contribution in [3.05, 3.63) is 93.6 Å². The van der Waals surface area contributed by atoms with E-state index in [1.165, 1.54) is 12.1 Å². The summed E-state index contributed by atoms with van der Waals surface area (Å²) in [5, 5.41) is 15.7. The lowest BCUT2D eigenvalue weighted by atomic mass is 10.0. The lowest BCUT2D eigenvalue weighted by Crippen LogP contribution is -2.39. The van der Waals surface area contributed by atoms with Crippen LogP contribution in [0.4, 0.5) is 4.39 Å². The summed E-state index contributed by atoms with van der Waals surface area (Å²) in [6, 6.07) is 15.3. The lowest BCUT2D eigenvalue weighted by molar-refractivity contribution is -0.00957. The summed E-state index contributed by atoms with van der Waals surface area (Å²) in [5.74, 6) is 0.386. The fourth-order valence-corrected chi connectivity index (χ4v) is 4.10. The van der Waals surface area contributed by atoms with Gasteiger partial charge < -0.3 is 19.1 Å². The van der Waals surface area contributed by atoms with Gasteiger partial charge >= 0.3 is 0 Å². The van der Waals surface area contributed by atoms with Crippen LogP contribution in [-0.4, -0.2) is 47.6 Å². The van der Waals surface area contributed by atoms with Gasteiger partial charge in [0.1, 0.15) is 24.3 Å². The number of furan rings is 1. The van der Waals surface area contributed by atoms with Gasteiger partial charge in [-0.05, 0) is 42.0 Å². The zero-order valence-corrected chi connectivity index (χ0v) is 19.9. The fraction of sp³-hybridized carbons (Fsp3) is 0.320. The van der Waals surface area contributed by atoms with Crippen LogP contribution in [-0.2, 0) is 22.7 Å². The summed E-state index contributed by atoms with van der Waals surface area (Å²) in [6.45, 7) is 1.66. The number of aliphatic hydroxyl groups excluding tert-OH is 1. The summed E-state index contributed by atoms with van der Waals surface area (Å²) < 4.78 is 24.5. The minimum Gasteiger partial charge on any atom is -0.467 e. The molecule has 0 saturated heterocycles. The molecule has 0 aliphatic carbocycles. The van der Waals surface area contributed by atoms with Crippen LogP contribution in [0.1, 0.15) is 23.3 Å². The first-order chi connectivity index (χ1) is 16.5. The molecule has 2 heterocycles. The van der Waals surface area contributed by atoms with Crippen LogP contribution in [0.2, 0.25) is 10.0 Å². The van der Waals surface area contributed by atoms with Gasteiger partial charge in [-0.2, -0.15) is 0 Å². The summed E-state index contributed by atoms with van der Waals surface area (Å²) in [7, 11) is 0. The topological polar surface area (TPSA) is 67.4 Å². The molecule has 0 bridgehead atoms. The van der Waals surface area contributed by atoms with Crippen LogP contribution >= 0.6 is 23.2 Å². The summed E-state index contributed by atoms with van der Waals surface area (Å²) in [4.78, 5) is 7.67. The maximum atomic E-state index is 13.7. The summed E-state index contributed by atoms with van der Waals surface area (Å²) in [5.41, 5.74) is 2.42. The highest BCUT2D eigenvalue weighted by Crippen LogP contribution is 2.26. The van der Waals surface area contributed by atoms with Crippen molar-refractivity contribution in [2.75, 3.05) is 19.7 Å². The Morgan fingerprint density at radius 1 is 1.15 bits per heavy atom. The van der Waals surface area contributed by atoms with Crippen molar-refractivity contribution in [2.24, 2.45) is 5.16 Å². The number of hydrogen-bond acceptors (Lipinski definition) is 6. The molecule has 0 spiro atoms. The van der Waals surface area contributed by atoms with E-state index < -0.39 is 6.10 Å². The molecule has 2 atom stereocenters. The molecule has 1 aromatic heterocycles. The average Bonchev–Trinajstić information content (AvgIpc) is 3.48. The first-order valence-corrected chi connectivity index (χ1v) is 11.6. The second-order valence-electron chi connectivity index (χ2n) is 8.17. The van der Waals surface area contributed by atoms with Gasteiger partial charge in [-0.15, -0.1) is 0 Å². The van der Waals surface area contributed by atoms with Gasteiger partial charge in [0.2, 0.25) is 0 Å². The molecular weight excluding hydrogens is 482 g/mol. The van der Waals surface area contributed by atoms with E-state index in [0.717, 1.165) is 16.8 Å². The van der Waals surface area contributed by atoms with Crippen LogP contribution in [0.25, 0.3) is 0 Å². The molecule has 1 aliphatic rings. The predicted molar refractivity (Wildman–Crippen MR) is 129 cm³/mol. The first kappa shape index (κ1) is 24.7. The molecule has 180 valence electrons. The van der Waals surface area contributed by atoms with E-state index in [9.17, 15) is 9.50 Å². The highest BCUT2D eigenvalue weighted by Gasteiger charge is 2.26. The van der Waals surface area contributed by atoms with Crippen LogP contribution < -0.4 is 0 Å². The first-order valence-electron chi connectivity index (χ1n) is 10.9. The number of ether oxygens (including phenoxy) is 1. The Labute approximate surface area is 207 Å². The molecule has 0 unspecified atom stereocenters. The second kappa shape index (κ2) is 11.8. The van der Waals surface area contributed by atoms with E-state index in [-0.39, 0.29) is 25.1 Å². The van der Waals surface area contributed by atoms with Gasteiger partial charge in [0.15, 0.2) is 0 Å². The smallest absolute Gasteiger partial charge is 0.145 e. The van der Waals surface area contributed by atoms with Crippen LogP contribution in [0.5, 0.6) is 0 Å². The van der Waals surface area contributed by atoms with Gasteiger partial charge in [-0.1, -0.05) is 46.6 Å². The van der Waals surface area contributed by atoms with Crippen LogP contribution in [0, 0.1) is 5.82 Å². The fourth-order valence-electron chi connectivity index (χ4n) is 3.80. The standard InChI is InChI=1S/C25H25Cl2FN2O4/c26-23-7-6-18(10-24(23)27)25-11-22(34-29-25)14-30(12-17-3-1-4-19(28)9-17)13-20(31)15-32-16-21-5-2-8-33-21/h1-10,20,22,31H,11-16H2/t20-,22+/m0/s1. The van der Waals surface area contributed by atoms with Crippen molar-refractivity contribution in [1.29, 1.82) is 0 Å². The van der Waals surface area contributed by atoms with Crippen molar-refractivity contribution in [1.82, 2.24) is 4.90 Å². The maximum absolute atomic E-state index is 13.7. The number of rotatable bonds is 11. The molecule has 3 aromatic rings. The van der Waals surface area contributed by atoms with Crippen molar-refractivity contribution >= 4 is 28.9 Å². The van der Waals surface area contributed by atoms with E-state index >= 15 is 0 Å². The number of halogens is 3. The molecule has 34 heavy (non-hydrogen) atoms. The molecular formula is C25H25Cl2FN2O4. The van der Waals surface area contributed by atoms with Crippen molar-refractivity contribution < 1.29 is 23.5 Å². The monoisotopic (exact) mass is 506 g/mol. The minimum absolute atomic E-state index is 0.136. The number of aliphatic hydroxyl groups is 1. The van der Waals surface area contributed by atoms with Gasteiger partial charge in [0.25, 0.3) is 0 Å². The maximum Gasteiger partial charge on any atom is 0.145 e. The average molecular weight is 507 g/mol. The van der Waals surface area contributed by atoms with Gasteiger partial charge in [0, 0.05) is 31.6 Å². The van der Waals surface area contributed by atoms with Crippen molar-refractivity contribution in [3.63, 3.8) is 0 Å². The Morgan fingerprint density at radius 2 is 2.03 bits per heavy atom. The zero-order chi connectivity index (χ0) is 23.9. The molecule has 0 amide bonds. The molecule has 0 fully saturated rings. The molecule has 0 radical (unpaired) electrons. The van der Waals surface area contributed by atoms with Crippen molar-refractivity contribution in [2.45, 2.75) is 31.8 Å². The number of oxime groups is 1. The van der Waals surface area contributed by atoms with Crippen molar-refractivity contribution in [3.8, 4) is 0 Å². The van der Waals surface area contributed by atoms with Crippen LogP contribution in [0.3, 0.4) is 0 Å². The highest BCUT2D eigenvalue weighted by atomic mass is 35.5. The normalized spacial score (nSPS) is 16.5. The van der Waals surface area contributed by atoms with E-state index in [0.29, 0.717) is 41.9 Å². The third-order valence-corrected chi connectivity index (χ3v) is 6.09. The van der Waals surface area contributed by atoms with E-state index in [4.69, 9.17) is 37.2 Å². The Balaban J connectivity index is 1.36.